The zero-order chi connectivity index (χ0) is 32.8. The van der Waals surface area contributed by atoms with E-state index >= 15 is 0 Å². The number of anilines is 1. The standard InChI is InChI=1S/C38H49N3O5/c1-6-7-20-40(31-13-10-11-27(22-31)26-41(2,3)4)36(42)25-39-24-32(29-16-18-35-30(23-29)19-21-46-35)37(38(43)44)33(39)17-15-28-12-8-9-14-34(28)45-5/h8-14,16,18,22-23,32-33,37H,6-7,15,17,19-21,24-26H2,1-5H3/p+1. The Balaban J connectivity index is 1.45. The molecule has 1 saturated heterocycles. The molecule has 0 radical (unpaired) electrons. The molecule has 3 aromatic rings. The van der Waals surface area contributed by atoms with Gasteiger partial charge in [-0.2, -0.15) is 0 Å². The molecular formula is C38H50N3O5+. The number of amides is 1. The molecule has 0 aliphatic carbocycles. The fourth-order valence-corrected chi connectivity index (χ4v) is 7.18. The van der Waals surface area contributed by atoms with E-state index in [1.807, 2.05) is 53.4 Å². The topological polar surface area (TPSA) is 79.3 Å². The minimum absolute atomic E-state index is 0.00489. The summed E-state index contributed by atoms with van der Waals surface area (Å²) in [5.41, 5.74) is 5.25. The van der Waals surface area contributed by atoms with E-state index in [9.17, 15) is 14.7 Å². The summed E-state index contributed by atoms with van der Waals surface area (Å²) >= 11 is 0. The fourth-order valence-electron chi connectivity index (χ4n) is 7.18. The molecule has 8 heteroatoms. The highest BCUT2D eigenvalue weighted by Crippen LogP contribution is 2.42. The van der Waals surface area contributed by atoms with Gasteiger partial charge in [0, 0.05) is 42.7 Å². The molecule has 0 aromatic heterocycles. The van der Waals surface area contributed by atoms with Crippen molar-refractivity contribution < 1.29 is 28.7 Å². The Hall–Kier alpha value is -3.88. The summed E-state index contributed by atoms with van der Waals surface area (Å²) in [5, 5.41) is 10.7. The van der Waals surface area contributed by atoms with Crippen LogP contribution in [0.15, 0.2) is 66.7 Å². The minimum atomic E-state index is -0.822. The molecule has 2 aliphatic rings. The second-order valence-electron chi connectivity index (χ2n) is 13.8. The Morgan fingerprint density at radius 2 is 1.87 bits per heavy atom. The van der Waals surface area contributed by atoms with Crippen molar-refractivity contribution in [2.45, 2.75) is 57.5 Å². The number of carbonyl (C=O) groups excluding carboxylic acids is 1. The van der Waals surface area contributed by atoms with Gasteiger partial charge in [-0.3, -0.25) is 14.5 Å². The van der Waals surface area contributed by atoms with Gasteiger partial charge in [0.2, 0.25) is 5.91 Å². The van der Waals surface area contributed by atoms with E-state index in [2.05, 4.69) is 51.2 Å². The number of unbranched alkanes of at least 4 members (excludes halogenated alkanes) is 1. The number of para-hydroxylation sites is 1. The van der Waals surface area contributed by atoms with Crippen LogP contribution in [0, 0.1) is 5.92 Å². The van der Waals surface area contributed by atoms with E-state index in [0.717, 1.165) is 64.2 Å². The first-order valence-corrected chi connectivity index (χ1v) is 16.6. The smallest absolute Gasteiger partial charge is 0.308 e. The number of carboxylic acid groups (broad SMARTS) is 1. The first kappa shape index (κ1) is 33.5. The lowest BCUT2D eigenvalue weighted by molar-refractivity contribution is -0.884. The third kappa shape index (κ3) is 7.91. The van der Waals surface area contributed by atoms with E-state index in [-0.39, 0.29) is 24.4 Å². The largest absolute Gasteiger partial charge is 0.496 e. The van der Waals surface area contributed by atoms with E-state index in [4.69, 9.17) is 9.47 Å². The van der Waals surface area contributed by atoms with Crippen molar-refractivity contribution in [1.82, 2.24) is 4.90 Å². The summed E-state index contributed by atoms with van der Waals surface area (Å²) in [6.07, 6.45) is 3.94. The van der Waals surface area contributed by atoms with Crippen LogP contribution in [0.4, 0.5) is 5.69 Å². The maximum absolute atomic E-state index is 14.3. The highest BCUT2D eigenvalue weighted by Gasteiger charge is 2.47. The summed E-state index contributed by atoms with van der Waals surface area (Å²) in [6, 6.07) is 22.0. The molecule has 3 aromatic carbocycles. The number of methoxy groups -OCH3 is 1. The Morgan fingerprint density at radius 1 is 1.07 bits per heavy atom. The van der Waals surface area contributed by atoms with E-state index in [1.54, 1.807) is 7.11 Å². The Morgan fingerprint density at radius 3 is 2.61 bits per heavy atom. The fraction of sp³-hybridized carbons (Fsp3) is 0.474. The third-order valence-corrected chi connectivity index (χ3v) is 9.33. The Kier molecular flexibility index (Phi) is 10.7. The van der Waals surface area contributed by atoms with Crippen LogP contribution in [0.3, 0.4) is 0 Å². The number of ether oxygens (including phenoxy) is 2. The third-order valence-electron chi connectivity index (χ3n) is 9.33. The lowest BCUT2D eigenvalue weighted by atomic mass is 9.83. The van der Waals surface area contributed by atoms with Gasteiger partial charge >= 0.3 is 5.97 Å². The second kappa shape index (κ2) is 14.7. The SMILES string of the molecule is CCCCN(C(=O)CN1CC(c2ccc3c(c2)CCO3)C(C(=O)O)C1CCc1ccccc1OC)c1cccc(C[N+](C)(C)C)c1. The maximum Gasteiger partial charge on any atom is 0.308 e. The highest BCUT2D eigenvalue weighted by molar-refractivity contribution is 5.95. The van der Waals surface area contributed by atoms with Crippen LogP contribution in [-0.2, 0) is 29.0 Å². The number of carboxylic acids is 1. The number of carbonyl (C=O) groups is 2. The molecule has 1 N–H and O–H groups in total. The van der Waals surface area contributed by atoms with Crippen LogP contribution in [-0.4, -0.2) is 86.9 Å². The van der Waals surface area contributed by atoms with Crippen LogP contribution in [0.1, 0.15) is 54.4 Å². The van der Waals surface area contributed by atoms with Crippen LogP contribution in [0.25, 0.3) is 0 Å². The molecule has 3 unspecified atom stereocenters. The van der Waals surface area contributed by atoms with Gasteiger partial charge in [-0.25, -0.2) is 0 Å². The van der Waals surface area contributed by atoms with Crippen LogP contribution >= 0.6 is 0 Å². The lowest BCUT2D eigenvalue weighted by Gasteiger charge is -2.30. The van der Waals surface area contributed by atoms with Crippen molar-refractivity contribution in [2.75, 3.05) is 59.4 Å². The number of aliphatic carboxylic acids is 1. The average molecular weight is 629 g/mol. The van der Waals surface area contributed by atoms with Gasteiger partial charge in [-0.15, -0.1) is 0 Å². The molecule has 246 valence electrons. The summed E-state index contributed by atoms with van der Waals surface area (Å²) in [5.74, 6) is -0.0318. The molecule has 0 saturated carbocycles. The number of rotatable bonds is 14. The van der Waals surface area contributed by atoms with Gasteiger partial charge in [0.1, 0.15) is 18.0 Å². The number of likely N-dealkylation sites (tertiary alicyclic amines) is 1. The van der Waals surface area contributed by atoms with Crippen molar-refractivity contribution in [3.8, 4) is 11.5 Å². The second-order valence-corrected chi connectivity index (χ2v) is 13.8. The molecule has 3 atom stereocenters. The lowest BCUT2D eigenvalue weighted by Crippen LogP contribution is -2.44. The summed E-state index contributed by atoms with van der Waals surface area (Å²) in [6.45, 7) is 4.93. The molecule has 1 amide bonds. The predicted octanol–water partition coefficient (Wildman–Crippen LogP) is 5.77. The molecule has 5 rings (SSSR count). The number of nitrogens with zero attached hydrogens (tertiary/aromatic N) is 3. The van der Waals surface area contributed by atoms with Crippen molar-refractivity contribution >= 4 is 17.6 Å². The Labute approximate surface area is 274 Å². The minimum Gasteiger partial charge on any atom is -0.496 e. The van der Waals surface area contributed by atoms with Gasteiger partial charge < -0.3 is 24.0 Å². The van der Waals surface area contributed by atoms with Crippen LogP contribution in [0.2, 0.25) is 0 Å². The maximum atomic E-state index is 14.3. The predicted molar refractivity (Wildman–Crippen MR) is 182 cm³/mol. The van der Waals surface area contributed by atoms with Crippen molar-refractivity contribution in [2.24, 2.45) is 5.92 Å². The number of aryl methyl sites for hydroxylation is 1. The highest BCUT2D eigenvalue weighted by atomic mass is 16.5. The zero-order valence-electron chi connectivity index (χ0n) is 28.1. The van der Waals surface area contributed by atoms with Crippen molar-refractivity contribution in [1.29, 1.82) is 0 Å². The monoisotopic (exact) mass is 628 g/mol. The number of benzene rings is 3. The molecule has 8 nitrogen and oxygen atoms in total. The van der Waals surface area contributed by atoms with E-state index in [1.165, 1.54) is 5.56 Å². The van der Waals surface area contributed by atoms with Gasteiger partial charge in [-0.05, 0) is 60.2 Å². The van der Waals surface area contributed by atoms with Crippen LogP contribution < -0.4 is 14.4 Å². The number of fused-ring (bicyclic) bond motifs is 1. The quantitative estimate of drug-likeness (QED) is 0.229. The van der Waals surface area contributed by atoms with Crippen LogP contribution in [0.5, 0.6) is 11.5 Å². The van der Waals surface area contributed by atoms with E-state index in [0.29, 0.717) is 32.5 Å². The summed E-state index contributed by atoms with van der Waals surface area (Å²) < 4.78 is 12.1. The molecule has 0 bridgehead atoms. The normalized spacial score (nSPS) is 19.5. The molecule has 2 heterocycles. The molecular weight excluding hydrogens is 578 g/mol. The molecule has 0 spiro atoms. The molecule has 1 fully saturated rings. The summed E-state index contributed by atoms with van der Waals surface area (Å²) in [4.78, 5) is 31.4. The van der Waals surface area contributed by atoms with Gasteiger partial charge in [0.25, 0.3) is 0 Å². The Bertz CT molecular complexity index is 1520. The number of hydrogen-bond donors (Lipinski definition) is 1. The number of hydrogen-bond acceptors (Lipinski definition) is 5. The average Bonchev–Trinajstić information content (AvgIpc) is 3.64. The van der Waals surface area contributed by atoms with Gasteiger partial charge in [0.05, 0.1) is 47.3 Å². The first-order valence-electron chi connectivity index (χ1n) is 16.6. The summed E-state index contributed by atoms with van der Waals surface area (Å²) in [7, 11) is 8.14. The first-order chi connectivity index (χ1) is 22.1. The molecule has 2 aliphatic heterocycles. The molecule has 46 heavy (non-hydrogen) atoms. The van der Waals surface area contributed by atoms with Crippen molar-refractivity contribution in [3.05, 3.63) is 89.0 Å². The van der Waals surface area contributed by atoms with Gasteiger partial charge in [-0.1, -0.05) is 55.8 Å². The van der Waals surface area contributed by atoms with Gasteiger partial charge in [0.15, 0.2) is 0 Å². The van der Waals surface area contributed by atoms with Crippen molar-refractivity contribution in [3.63, 3.8) is 0 Å². The zero-order valence-corrected chi connectivity index (χ0v) is 28.1. The number of quaternary nitrogens is 1. The van der Waals surface area contributed by atoms with E-state index < -0.39 is 11.9 Å².